The van der Waals surface area contributed by atoms with Crippen molar-refractivity contribution in [1.82, 2.24) is 9.29 Å². The van der Waals surface area contributed by atoms with E-state index in [0.717, 1.165) is 38.7 Å². The van der Waals surface area contributed by atoms with Gasteiger partial charge in [0.1, 0.15) is 5.75 Å². The molecule has 43 heavy (non-hydrogen) atoms. The highest BCUT2D eigenvalue weighted by Crippen LogP contribution is 2.37. The summed E-state index contributed by atoms with van der Waals surface area (Å²) in [6, 6.07) is 19.7. The van der Waals surface area contributed by atoms with E-state index in [1.807, 2.05) is 61.7 Å². The van der Waals surface area contributed by atoms with Crippen LogP contribution in [0.3, 0.4) is 0 Å². The minimum absolute atomic E-state index is 0.0110. The average molecular weight is 603 g/mol. The third-order valence-electron chi connectivity index (χ3n) is 7.91. The summed E-state index contributed by atoms with van der Waals surface area (Å²) in [7, 11) is -3.45. The molecule has 0 unspecified atom stereocenters. The molecule has 1 aliphatic heterocycles. The molecule has 5 rings (SSSR count). The molecule has 1 aliphatic rings. The van der Waals surface area contributed by atoms with Gasteiger partial charge in [-0.25, -0.2) is 12.7 Å². The van der Waals surface area contributed by atoms with Crippen molar-refractivity contribution in [3.05, 3.63) is 83.6 Å². The number of hydrogen-bond donors (Lipinski definition) is 3. The molecule has 2 amide bonds. The first-order valence-electron chi connectivity index (χ1n) is 14.6. The van der Waals surface area contributed by atoms with E-state index in [4.69, 9.17) is 10.5 Å². The molecule has 1 aromatic heterocycles. The number of fused-ring (bicyclic) bond motifs is 1. The number of anilines is 1. The summed E-state index contributed by atoms with van der Waals surface area (Å²) in [4.78, 5) is 26.7. The number of piperidine rings is 1. The second kappa shape index (κ2) is 13.0. The predicted octanol–water partition coefficient (Wildman–Crippen LogP) is 5.11. The van der Waals surface area contributed by atoms with Gasteiger partial charge in [-0.3, -0.25) is 9.59 Å². The number of aromatic nitrogens is 1. The number of primary amides is 1. The third kappa shape index (κ3) is 7.26. The second-order valence-corrected chi connectivity index (χ2v) is 13.3. The van der Waals surface area contributed by atoms with Gasteiger partial charge >= 0.3 is 0 Å². The van der Waals surface area contributed by atoms with Gasteiger partial charge in [-0.15, -0.1) is 0 Å². The fourth-order valence-electron chi connectivity index (χ4n) is 5.83. The molecule has 3 aromatic carbocycles. The van der Waals surface area contributed by atoms with E-state index < -0.39 is 15.9 Å². The highest BCUT2D eigenvalue weighted by Gasteiger charge is 2.30. The normalized spacial score (nSPS) is 14.6. The maximum Gasteiger partial charge on any atom is 0.221 e. The Morgan fingerprint density at radius 1 is 1.05 bits per heavy atom. The smallest absolute Gasteiger partial charge is 0.221 e. The number of benzene rings is 3. The van der Waals surface area contributed by atoms with Crippen molar-refractivity contribution in [1.29, 1.82) is 0 Å². The Bertz CT molecular complexity index is 1730. The number of aryl methyl sites for hydroxylation is 1. The van der Waals surface area contributed by atoms with E-state index in [-0.39, 0.29) is 30.6 Å². The van der Waals surface area contributed by atoms with Crippen molar-refractivity contribution in [2.24, 2.45) is 5.73 Å². The van der Waals surface area contributed by atoms with Crippen LogP contribution in [0.1, 0.15) is 48.8 Å². The standard InChI is InChI=1S/C33H38N4O5S/c1-22-9-10-30(36-23(2)38)31(17-22)42-15-6-16-43(40,41)37-13-11-25(12-14-37)29-21-35-33-27(20-32(34)39)18-26(19-28(29)33)24-7-4-3-5-8-24/h3-5,7-10,17-19,21,25,35H,6,11-16,20H2,1-2H3,(H2,34,39)(H,36,38). The summed E-state index contributed by atoms with van der Waals surface area (Å²) in [5.74, 6) is 0.114. The Balaban J connectivity index is 1.23. The topological polar surface area (TPSA) is 135 Å². The molecular formula is C33H38N4O5S. The fraction of sp³-hybridized carbons (Fsp3) is 0.333. The summed E-state index contributed by atoms with van der Waals surface area (Å²) >= 11 is 0. The molecule has 0 bridgehead atoms. The van der Waals surface area contributed by atoms with Gasteiger partial charge in [0, 0.05) is 37.1 Å². The van der Waals surface area contributed by atoms with Crippen LogP contribution >= 0.6 is 0 Å². The lowest BCUT2D eigenvalue weighted by Crippen LogP contribution is -2.39. The zero-order valence-electron chi connectivity index (χ0n) is 24.6. The first-order valence-corrected chi connectivity index (χ1v) is 16.2. The highest BCUT2D eigenvalue weighted by molar-refractivity contribution is 7.89. The molecule has 0 radical (unpaired) electrons. The van der Waals surface area contributed by atoms with Crippen LogP contribution in [0.25, 0.3) is 22.0 Å². The van der Waals surface area contributed by atoms with Crippen LogP contribution < -0.4 is 15.8 Å². The number of H-pyrrole nitrogens is 1. The number of ether oxygens (including phenoxy) is 1. The number of amides is 2. The largest absolute Gasteiger partial charge is 0.491 e. The van der Waals surface area contributed by atoms with Gasteiger partial charge in [0.05, 0.1) is 24.5 Å². The molecule has 9 nitrogen and oxygen atoms in total. The summed E-state index contributed by atoms with van der Waals surface area (Å²) < 4.78 is 33.8. The molecule has 0 saturated carbocycles. The number of hydrogen-bond acceptors (Lipinski definition) is 5. The van der Waals surface area contributed by atoms with Crippen molar-refractivity contribution in [3.8, 4) is 16.9 Å². The molecule has 0 spiro atoms. The van der Waals surface area contributed by atoms with Crippen molar-refractivity contribution in [2.45, 2.75) is 45.4 Å². The Hall–Kier alpha value is -4.15. The van der Waals surface area contributed by atoms with Crippen molar-refractivity contribution in [3.63, 3.8) is 0 Å². The zero-order valence-corrected chi connectivity index (χ0v) is 25.4. The number of nitrogens with two attached hydrogens (primary N) is 1. The average Bonchev–Trinajstić information content (AvgIpc) is 3.41. The van der Waals surface area contributed by atoms with Gasteiger partial charge < -0.3 is 20.8 Å². The predicted molar refractivity (Wildman–Crippen MR) is 170 cm³/mol. The number of nitrogens with zero attached hydrogens (tertiary/aromatic N) is 1. The first kappa shape index (κ1) is 30.3. The van der Waals surface area contributed by atoms with Crippen LogP contribution in [0, 0.1) is 6.92 Å². The van der Waals surface area contributed by atoms with Crippen LogP contribution in [0.15, 0.2) is 66.9 Å². The molecule has 226 valence electrons. The number of nitrogens with one attached hydrogen (secondary N) is 2. The number of rotatable bonds is 11. The molecule has 2 heterocycles. The maximum atomic E-state index is 13.2. The van der Waals surface area contributed by atoms with Crippen LogP contribution in [-0.4, -0.2) is 55.0 Å². The van der Waals surface area contributed by atoms with E-state index in [9.17, 15) is 18.0 Å². The summed E-state index contributed by atoms with van der Waals surface area (Å²) in [6.07, 6.45) is 3.87. The number of carbonyl (C=O) groups excluding carboxylic acids is 2. The van der Waals surface area contributed by atoms with Crippen molar-refractivity contribution in [2.75, 3.05) is 30.8 Å². The molecule has 4 aromatic rings. The van der Waals surface area contributed by atoms with Crippen molar-refractivity contribution < 1.29 is 22.7 Å². The minimum Gasteiger partial charge on any atom is -0.491 e. The molecule has 1 saturated heterocycles. The number of carbonyl (C=O) groups is 2. The van der Waals surface area contributed by atoms with E-state index >= 15 is 0 Å². The molecule has 0 aliphatic carbocycles. The highest BCUT2D eigenvalue weighted by atomic mass is 32.2. The van der Waals surface area contributed by atoms with Crippen molar-refractivity contribution >= 4 is 38.4 Å². The quantitative estimate of drug-likeness (QED) is 0.205. The maximum absolute atomic E-state index is 13.2. The summed E-state index contributed by atoms with van der Waals surface area (Å²) in [5, 5.41) is 3.79. The van der Waals surface area contributed by atoms with Crippen LogP contribution in [0.5, 0.6) is 5.75 Å². The van der Waals surface area contributed by atoms with Gasteiger partial charge in [0.2, 0.25) is 21.8 Å². The molecule has 0 atom stereocenters. The van der Waals surface area contributed by atoms with Crippen LogP contribution in [0.2, 0.25) is 0 Å². The minimum atomic E-state index is -3.45. The number of aromatic amines is 1. The zero-order chi connectivity index (χ0) is 30.6. The summed E-state index contributed by atoms with van der Waals surface area (Å²) in [6.45, 7) is 4.46. The Morgan fingerprint density at radius 3 is 2.49 bits per heavy atom. The van der Waals surface area contributed by atoms with E-state index in [1.165, 1.54) is 6.92 Å². The van der Waals surface area contributed by atoms with E-state index in [2.05, 4.69) is 16.4 Å². The first-order chi connectivity index (χ1) is 20.6. The monoisotopic (exact) mass is 602 g/mol. The number of sulfonamides is 1. The Kier molecular flexibility index (Phi) is 9.17. The molecule has 4 N–H and O–H groups in total. The van der Waals surface area contributed by atoms with Gasteiger partial charge in [-0.2, -0.15) is 0 Å². The van der Waals surface area contributed by atoms with Crippen LogP contribution in [0.4, 0.5) is 5.69 Å². The van der Waals surface area contributed by atoms with Gasteiger partial charge in [0.15, 0.2) is 0 Å². The van der Waals surface area contributed by atoms with Gasteiger partial charge in [-0.1, -0.05) is 36.4 Å². The van der Waals surface area contributed by atoms with Gasteiger partial charge in [-0.05, 0) is 84.2 Å². The Labute approximate surface area is 252 Å². The van der Waals surface area contributed by atoms with Crippen LogP contribution in [-0.2, 0) is 26.0 Å². The van der Waals surface area contributed by atoms with Gasteiger partial charge in [0.25, 0.3) is 0 Å². The molecule has 10 heteroatoms. The lowest BCUT2D eigenvalue weighted by atomic mass is 9.88. The second-order valence-electron chi connectivity index (χ2n) is 11.2. The lowest BCUT2D eigenvalue weighted by molar-refractivity contribution is -0.117. The molecule has 1 fully saturated rings. The van der Waals surface area contributed by atoms with E-state index in [1.54, 1.807) is 10.4 Å². The lowest BCUT2D eigenvalue weighted by Gasteiger charge is -2.31. The summed E-state index contributed by atoms with van der Waals surface area (Å²) in [5.41, 5.74) is 12.1. The third-order valence-corrected chi connectivity index (χ3v) is 9.87. The fourth-order valence-corrected chi connectivity index (χ4v) is 7.34. The SMILES string of the molecule is CC(=O)Nc1ccc(C)cc1OCCCS(=O)(=O)N1CCC(c2c[nH]c3c(CC(N)=O)cc(-c4ccccc4)cc23)CC1. The molecular weight excluding hydrogens is 564 g/mol. The Morgan fingerprint density at radius 2 is 1.79 bits per heavy atom. The van der Waals surface area contributed by atoms with E-state index in [0.29, 0.717) is 43.8 Å².